The number of amides is 2. The highest BCUT2D eigenvalue weighted by molar-refractivity contribution is 6.11. The van der Waals surface area contributed by atoms with Gasteiger partial charge in [0.2, 0.25) is 0 Å². The van der Waals surface area contributed by atoms with Crippen LogP contribution >= 0.6 is 0 Å². The van der Waals surface area contributed by atoms with Crippen LogP contribution in [0, 0.1) is 0 Å². The number of hydrogen-bond donors (Lipinski definition) is 2. The normalized spacial score (nSPS) is 11.1. The van der Waals surface area contributed by atoms with Gasteiger partial charge in [0, 0.05) is 28.4 Å². The van der Waals surface area contributed by atoms with Gasteiger partial charge in [-0.1, -0.05) is 72.8 Å². The third-order valence-electron chi connectivity index (χ3n) is 7.14. The minimum Gasteiger partial charge on any atom is -0.497 e. The van der Waals surface area contributed by atoms with E-state index in [4.69, 9.17) is 9.47 Å². The Labute approximate surface area is 267 Å². The van der Waals surface area contributed by atoms with Crippen molar-refractivity contribution in [3.8, 4) is 22.6 Å². The van der Waals surface area contributed by atoms with Gasteiger partial charge in [0.15, 0.2) is 5.78 Å². The highest BCUT2D eigenvalue weighted by atomic mass is 16.5. The molecule has 0 atom stereocenters. The zero-order valence-electron chi connectivity index (χ0n) is 25.4. The number of ketones is 1. The van der Waals surface area contributed by atoms with Crippen LogP contribution in [0.2, 0.25) is 0 Å². The summed E-state index contributed by atoms with van der Waals surface area (Å²) < 4.78 is 10.6. The van der Waals surface area contributed by atoms with Gasteiger partial charge in [-0.05, 0) is 83.4 Å². The molecule has 0 fully saturated rings. The Hall–Kier alpha value is -6.21. The average molecular weight is 609 g/mol. The van der Waals surface area contributed by atoms with E-state index >= 15 is 0 Å². The molecule has 0 aliphatic carbocycles. The van der Waals surface area contributed by atoms with Crippen LogP contribution in [-0.2, 0) is 4.79 Å². The number of carbonyl (C=O) groups is 3. The molecule has 7 heteroatoms. The summed E-state index contributed by atoms with van der Waals surface area (Å²) in [6, 6.07) is 38.2. The summed E-state index contributed by atoms with van der Waals surface area (Å²) in [6.07, 6.45) is 4.76. The number of hydrogen-bond acceptors (Lipinski definition) is 5. The van der Waals surface area contributed by atoms with Gasteiger partial charge in [-0.25, -0.2) is 0 Å². The molecule has 0 heterocycles. The van der Waals surface area contributed by atoms with E-state index in [1.54, 1.807) is 93.1 Å². The third-order valence-corrected chi connectivity index (χ3v) is 7.14. The van der Waals surface area contributed by atoms with Crippen molar-refractivity contribution in [3.05, 3.63) is 161 Å². The molecule has 0 aliphatic rings. The Bertz CT molecular complexity index is 1880. The zero-order valence-corrected chi connectivity index (χ0v) is 25.4. The van der Waals surface area contributed by atoms with Gasteiger partial charge < -0.3 is 20.1 Å². The van der Waals surface area contributed by atoms with Crippen molar-refractivity contribution < 1.29 is 23.9 Å². The fraction of sp³-hybridized carbons (Fsp3) is 0.0513. The standard InChI is InChI=1S/C39H32N2O5/c1-45-34-23-19-31(37(26-34)46-2)20-24-36(42)30-17-21-33(22-18-30)40-39(44)35(41-38(43)32-11-7-4-8-12-32)25-27-13-15-29(16-14-27)28-9-5-3-6-10-28/h3-26H,1-2H3,(H,40,44)(H,41,43)/b24-20+,35-25-. The molecule has 2 N–H and O–H groups in total. The van der Waals surface area contributed by atoms with E-state index in [1.807, 2.05) is 60.7 Å². The van der Waals surface area contributed by atoms with E-state index in [2.05, 4.69) is 10.6 Å². The monoisotopic (exact) mass is 608 g/mol. The maximum absolute atomic E-state index is 13.5. The van der Waals surface area contributed by atoms with Gasteiger partial charge in [0.25, 0.3) is 11.8 Å². The van der Waals surface area contributed by atoms with Crippen molar-refractivity contribution in [1.29, 1.82) is 0 Å². The Kier molecular flexibility index (Phi) is 10.2. The summed E-state index contributed by atoms with van der Waals surface area (Å²) in [6.45, 7) is 0. The minimum atomic E-state index is -0.512. The Balaban J connectivity index is 1.32. The summed E-state index contributed by atoms with van der Waals surface area (Å²) in [4.78, 5) is 39.3. The molecule has 46 heavy (non-hydrogen) atoms. The van der Waals surface area contributed by atoms with Crippen molar-refractivity contribution in [1.82, 2.24) is 5.32 Å². The first-order valence-electron chi connectivity index (χ1n) is 14.5. The number of benzene rings is 5. The van der Waals surface area contributed by atoms with Crippen molar-refractivity contribution >= 4 is 35.4 Å². The Morgan fingerprint density at radius 3 is 1.96 bits per heavy atom. The molecule has 0 spiro atoms. The molecular formula is C39H32N2O5. The van der Waals surface area contributed by atoms with Crippen molar-refractivity contribution in [3.63, 3.8) is 0 Å². The lowest BCUT2D eigenvalue weighted by atomic mass is 10.0. The zero-order chi connectivity index (χ0) is 32.3. The van der Waals surface area contributed by atoms with E-state index in [0.717, 1.165) is 22.3 Å². The van der Waals surface area contributed by atoms with Crippen LogP contribution < -0.4 is 20.1 Å². The number of methoxy groups -OCH3 is 2. The Morgan fingerprint density at radius 2 is 1.30 bits per heavy atom. The molecule has 0 unspecified atom stereocenters. The predicted octanol–water partition coefficient (Wildman–Crippen LogP) is 7.68. The third kappa shape index (κ3) is 8.03. The molecule has 5 aromatic carbocycles. The van der Waals surface area contributed by atoms with Crippen molar-refractivity contribution in [2.24, 2.45) is 0 Å². The van der Waals surface area contributed by atoms with Crippen molar-refractivity contribution in [2.75, 3.05) is 19.5 Å². The quantitative estimate of drug-likeness (QED) is 0.119. The molecule has 0 radical (unpaired) electrons. The van der Waals surface area contributed by atoms with Gasteiger partial charge in [0.05, 0.1) is 14.2 Å². The summed E-state index contributed by atoms with van der Waals surface area (Å²) in [5, 5.41) is 5.58. The van der Waals surface area contributed by atoms with Crippen LogP contribution in [0.1, 0.15) is 31.8 Å². The smallest absolute Gasteiger partial charge is 0.272 e. The second-order valence-corrected chi connectivity index (χ2v) is 10.2. The molecule has 0 aliphatic heterocycles. The molecule has 0 saturated carbocycles. The topological polar surface area (TPSA) is 93.7 Å². The number of anilines is 1. The summed E-state index contributed by atoms with van der Waals surface area (Å²) in [5.74, 6) is 0.0879. The van der Waals surface area contributed by atoms with Gasteiger partial charge in [-0.2, -0.15) is 0 Å². The fourth-order valence-corrected chi connectivity index (χ4v) is 4.65. The number of allylic oxidation sites excluding steroid dienone is 1. The first-order valence-corrected chi connectivity index (χ1v) is 14.5. The first-order chi connectivity index (χ1) is 22.4. The SMILES string of the molecule is COc1ccc(/C=C/C(=O)c2ccc(NC(=O)/C(=C/c3ccc(-c4ccccc4)cc3)NC(=O)c3ccccc3)cc2)c(OC)c1. The molecular weight excluding hydrogens is 576 g/mol. The summed E-state index contributed by atoms with van der Waals surface area (Å²) >= 11 is 0. The lowest BCUT2D eigenvalue weighted by molar-refractivity contribution is -0.113. The lowest BCUT2D eigenvalue weighted by Gasteiger charge is -2.12. The average Bonchev–Trinajstić information content (AvgIpc) is 3.11. The number of ether oxygens (including phenoxy) is 2. The summed E-state index contributed by atoms with van der Waals surface area (Å²) in [5.41, 5.74) is 4.96. The highest BCUT2D eigenvalue weighted by Gasteiger charge is 2.16. The molecule has 0 saturated heterocycles. The second-order valence-electron chi connectivity index (χ2n) is 10.2. The van der Waals surface area contributed by atoms with E-state index in [1.165, 1.54) is 6.08 Å². The van der Waals surface area contributed by atoms with E-state index in [9.17, 15) is 14.4 Å². The second kappa shape index (κ2) is 15.0. The van der Waals surface area contributed by atoms with E-state index in [-0.39, 0.29) is 11.5 Å². The first kappa shape index (κ1) is 31.2. The maximum atomic E-state index is 13.5. The van der Waals surface area contributed by atoms with Crippen LogP contribution in [0.15, 0.2) is 139 Å². The Morgan fingerprint density at radius 1 is 0.652 bits per heavy atom. The van der Waals surface area contributed by atoms with Crippen LogP contribution in [0.25, 0.3) is 23.3 Å². The van der Waals surface area contributed by atoms with Gasteiger partial charge >= 0.3 is 0 Å². The highest BCUT2D eigenvalue weighted by Crippen LogP contribution is 2.26. The molecule has 7 nitrogen and oxygen atoms in total. The fourth-order valence-electron chi connectivity index (χ4n) is 4.65. The number of nitrogens with one attached hydrogen (secondary N) is 2. The van der Waals surface area contributed by atoms with Gasteiger partial charge in [-0.3, -0.25) is 14.4 Å². The lowest BCUT2D eigenvalue weighted by Crippen LogP contribution is -2.30. The van der Waals surface area contributed by atoms with Crippen LogP contribution in [0.4, 0.5) is 5.69 Å². The molecule has 5 rings (SSSR count). The van der Waals surface area contributed by atoms with Gasteiger partial charge in [-0.15, -0.1) is 0 Å². The van der Waals surface area contributed by atoms with Crippen LogP contribution in [0.5, 0.6) is 11.5 Å². The van der Waals surface area contributed by atoms with Crippen LogP contribution in [-0.4, -0.2) is 31.8 Å². The number of rotatable bonds is 11. The maximum Gasteiger partial charge on any atom is 0.272 e. The van der Waals surface area contributed by atoms with E-state index < -0.39 is 11.8 Å². The van der Waals surface area contributed by atoms with Crippen LogP contribution in [0.3, 0.4) is 0 Å². The minimum absolute atomic E-state index is 0.0674. The molecule has 228 valence electrons. The van der Waals surface area contributed by atoms with Crippen molar-refractivity contribution in [2.45, 2.75) is 0 Å². The predicted molar refractivity (Wildman–Crippen MR) is 182 cm³/mol. The van der Waals surface area contributed by atoms with E-state index in [0.29, 0.717) is 28.3 Å². The molecule has 5 aromatic rings. The molecule has 0 bridgehead atoms. The summed E-state index contributed by atoms with van der Waals surface area (Å²) in [7, 11) is 3.12. The largest absolute Gasteiger partial charge is 0.497 e. The van der Waals surface area contributed by atoms with Gasteiger partial charge in [0.1, 0.15) is 17.2 Å². The molecule has 2 amide bonds. The molecule has 0 aromatic heterocycles. The number of carbonyl (C=O) groups excluding carboxylic acids is 3.